The molecule has 0 aromatic carbocycles. The number of rotatable bonds is 7. The van der Waals surface area contributed by atoms with Crippen molar-refractivity contribution in [2.24, 2.45) is 11.7 Å². The number of nitrogens with zero attached hydrogens (tertiary/aromatic N) is 1. The maximum Gasteiger partial charge on any atom is 0.401 e. The Labute approximate surface area is 123 Å². The van der Waals surface area contributed by atoms with Gasteiger partial charge in [-0.3, -0.25) is 9.69 Å². The summed E-state index contributed by atoms with van der Waals surface area (Å²) >= 11 is 0. The molecule has 2 atom stereocenters. The number of nitrogens with two attached hydrogens (primary N) is 1. The minimum atomic E-state index is -4.20. The van der Waals surface area contributed by atoms with Crippen molar-refractivity contribution in [3.63, 3.8) is 0 Å². The summed E-state index contributed by atoms with van der Waals surface area (Å²) in [6.07, 6.45) is -1.60. The van der Waals surface area contributed by atoms with Crippen LogP contribution in [0.15, 0.2) is 0 Å². The fourth-order valence-corrected chi connectivity index (χ4v) is 2.98. The van der Waals surface area contributed by atoms with Gasteiger partial charge in [0.05, 0.1) is 13.2 Å². The molecule has 0 aromatic rings. The van der Waals surface area contributed by atoms with E-state index in [-0.39, 0.29) is 12.5 Å². The monoisotopic (exact) mass is 310 g/mol. The molecule has 0 spiro atoms. The van der Waals surface area contributed by atoms with Crippen LogP contribution < -0.4 is 5.73 Å². The summed E-state index contributed by atoms with van der Waals surface area (Å²) in [5.41, 5.74) is 5.14. The first-order valence-corrected chi connectivity index (χ1v) is 7.48. The fourth-order valence-electron chi connectivity index (χ4n) is 2.98. The van der Waals surface area contributed by atoms with Crippen molar-refractivity contribution in [2.45, 2.75) is 51.2 Å². The van der Waals surface area contributed by atoms with Crippen LogP contribution in [0.4, 0.5) is 13.2 Å². The second-order valence-corrected chi connectivity index (χ2v) is 5.62. The number of hydrogen-bond acceptors (Lipinski definition) is 4. The SMILES string of the molecule is CCOC(=O)C1(N)CCCC1CCN(CC)CC(F)(F)F. The van der Waals surface area contributed by atoms with Crippen molar-refractivity contribution in [2.75, 3.05) is 26.2 Å². The van der Waals surface area contributed by atoms with E-state index in [0.717, 1.165) is 12.8 Å². The summed E-state index contributed by atoms with van der Waals surface area (Å²) in [4.78, 5) is 13.3. The number of carbonyl (C=O) groups is 1. The lowest BCUT2D eigenvalue weighted by Gasteiger charge is -2.31. The fraction of sp³-hybridized carbons (Fsp3) is 0.929. The molecular weight excluding hydrogens is 285 g/mol. The molecule has 1 rings (SSSR count). The van der Waals surface area contributed by atoms with E-state index in [4.69, 9.17) is 10.5 Å². The van der Waals surface area contributed by atoms with Gasteiger partial charge in [-0.15, -0.1) is 0 Å². The Morgan fingerprint density at radius 2 is 2.10 bits per heavy atom. The molecule has 21 heavy (non-hydrogen) atoms. The standard InChI is InChI=1S/C14H25F3N2O2/c1-3-19(10-14(15,16)17)9-7-11-6-5-8-13(11,18)12(20)21-4-2/h11H,3-10,18H2,1-2H3. The van der Waals surface area contributed by atoms with Gasteiger partial charge in [0.25, 0.3) is 0 Å². The van der Waals surface area contributed by atoms with Crippen molar-refractivity contribution in [3.8, 4) is 0 Å². The van der Waals surface area contributed by atoms with Gasteiger partial charge in [-0.05, 0) is 45.2 Å². The van der Waals surface area contributed by atoms with E-state index in [0.29, 0.717) is 25.9 Å². The highest BCUT2D eigenvalue weighted by Crippen LogP contribution is 2.37. The van der Waals surface area contributed by atoms with Crippen LogP contribution in [-0.4, -0.2) is 48.8 Å². The quantitative estimate of drug-likeness (QED) is 0.733. The second kappa shape index (κ2) is 7.45. The molecule has 0 radical (unpaired) electrons. The Hall–Kier alpha value is -0.820. The Morgan fingerprint density at radius 1 is 1.43 bits per heavy atom. The maximum atomic E-state index is 12.4. The van der Waals surface area contributed by atoms with Crippen LogP contribution in [0.1, 0.15) is 39.5 Å². The van der Waals surface area contributed by atoms with Crippen molar-refractivity contribution >= 4 is 5.97 Å². The van der Waals surface area contributed by atoms with Gasteiger partial charge in [-0.2, -0.15) is 13.2 Å². The molecule has 1 aliphatic carbocycles. The molecule has 1 fully saturated rings. The highest BCUT2D eigenvalue weighted by Gasteiger charge is 2.46. The zero-order chi connectivity index (χ0) is 16.1. The van der Waals surface area contributed by atoms with Gasteiger partial charge in [0.15, 0.2) is 0 Å². The van der Waals surface area contributed by atoms with Crippen LogP contribution in [0, 0.1) is 5.92 Å². The van der Waals surface area contributed by atoms with E-state index in [1.54, 1.807) is 13.8 Å². The molecule has 2 unspecified atom stereocenters. The first kappa shape index (κ1) is 18.2. The molecule has 0 amide bonds. The third-order valence-corrected chi connectivity index (χ3v) is 4.17. The van der Waals surface area contributed by atoms with Crippen molar-refractivity contribution in [1.82, 2.24) is 4.90 Å². The first-order valence-electron chi connectivity index (χ1n) is 7.48. The van der Waals surface area contributed by atoms with Crippen LogP contribution >= 0.6 is 0 Å². The maximum absolute atomic E-state index is 12.4. The number of carbonyl (C=O) groups excluding carboxylic acids is 1. The van der Waals surface area contributed by atoms with Gasteiger partial charge in [-0.25, -0.2) is 0 Å². The lowest BCUT2D eigenvalue weighted by molar-refractivity contribution is -0.152. The average molecular weight is 310 g/mol. The summed E-state index contributed by atoms with van der Waals surface area (Å²) in [6.45, 7) is 3.36. The Morgan fingerprint density at radius 3 is 2.62 bits per heavy atom. The van der Waals surface area contributed by atoms with Gasteiger partial charge in [-0.1, -0.05) is 13.3 Å². The van der Waals surface area contributed by atoms with Crippen molar-refractivity contribution in [1.29, 1.82) is 0 Å². The van der Waals surface area contributed by atoms with E-state index in [1.165, 1.54) is 4.90 Å². The zero-order valence-corrected chi connectivity index (χ0v) is 12.7. The van der Waals surface area contributed by atoms with Gasteiger partial charge in [0.2, 0.25) is 0 Å². The van der Waals surface area contributed by atoms with Crippen LogP contribution in [0.25, 0.3) is 0 Å². The lowest BCUT2D eigenvalue weighted by atomic mass is 9.85. The molecule has 0 aromatic heterocycles. The van der Waals surface area contributed by atoms with Gasteiger partial charge < -0.3 is 10.5 Å². The largest absolute Gasteiger partial charge is 0.465 e. The van der Waals surface area contributed by atoms with Gasteiger partial charge >= 0.3 is 12.1 Å². The number of ether oxygens (including phenoxy) is 1. The molecule has 0 aliphatic heterocycles. The highest BCUT2D eigenvalue weighted by atomic mass is 19.4. The van der Waals surface area contributed by atoms with Gasteiger partial charge in [0, 0.05) is 0 Å². The predicted molar refractivity (Wildman–Crippen MR) is 73.7 cm³/mol. The van der Waals surface area contributed by atoms with Gasteiger partial charge in [0.1, 0.15) is 5.54 Å². The number of alkyl halides is 3. The molecule has 1 saturated carbocycles. The second-order valence-electron chi connectivity index (χ2n) is 5.62. The minimum absolute atomic E-state index is 0.112. The summed E-state index contributed by atoms with van der Waals surface area (Å²) in [5, 5.41) is 0. The number of esters is 1. The van der Waals surface area contributed by atoms with Crippen LogP contribution in [0.3, 0.4) is 0 Å². The normalized spacial score (nSPS) is 26.3. The minimum Gasteiger partial charge on any atom is -0.465 e. The lowest BCUT2D eigenvalue weighted by Crippen LogP contribution is -2.52. The van der Waals surface area contributed by atoms with Crippen LogP contribution in [-0.2, 0) is 9.53 Å². The van der Waals surface area contributed by atoms with Crippen molar-refractivity contribution in [3.05, 3.63) is 0 Å². The van der Waals surface area contributed by atoms with Crippen molar-refractivity contribution < 1.29 is 22.7 Å². The summed E-state index contributed by atoms with van der Waals surface area (Å²) in [7, 11) is 0. The molecule has 124 valence electrons. The van der Waals surface area contributed by atoms with Crippen LogP contribution in [0.5, 0.6) is 0 Å². The predicted octanol–water partition coefficient (Wildman–Crippen LogP) is 2.32. The molecule has 7 heteroatoms. The highest BCUT2D eigenvalue weighted by molar-refractivity contribution is 5.81. The Bertz CT molecular complexity index is 350. The third kappa shape index (κ3) is 5.14. The zero-order valence-electron chi connectivity index (χ0n) is 12.7. The first-order chi connectivity index (χ1) is 9.73. The smallest absolute Gasteiger partial charge is 0.401 e. The number of halogens is 3. The van der Waals surface area contributed by atoms with E-state index in [1.807, 2.05) is 0 Å². The Kier molecular flexibility index (Phi) is 6.46. The third-order valence-electron chi connectivity index (χ3n) is 4.17. The molecule has 0 bridgehead atoms. The topological polar surface area (TPSA) is 55.6 Å². The summed E-state index contributed by atoms with van der Waals surface area (Å²) in [5.74, 6) is -0.537. The van der Waals surface area contributed by atoms with E-state index < -0.39 is 24.2 Å². The van der Waals surface area contributed by atoms with E-state index in [9.17, 15) is 18.0 Å². The summed E-state index contributed by atoms with van der Waals surface area (Å²) < 4.78 is 42.3. The molecule has 0 heterocycles. The number of hydrogen-bond donors (Lipinski definition) is 1. The average Bonchev–Trinajstić information content (AvgIpc) is 2.76. The molecular formula is C14H25F3N2O2. The Balaban J connectivity index is 2.58. The van der Waals surface area contributed by atoms with E-state index >= 15 is 0 Å². The molecule has 4 nitrogen and oxygen atoms in total. The van der Waals surface area contributed by atoms with E-state index in [2.05, 4.69) is 0 Å². The molecule has 2 N–H and O–H groups in total. The molecule has 1 aliphatic rings. The molecule has 0 saturated heterocycles. The summed E-state index contributed by atoms with van der Waals surface area (Å²) in [6, 6.07) is 0. The van der Waals surface area contributed by atoms with Crippen LogP contribution in [0.2, 0.25) is 0 Å².